The van der Waals surface area contributed by atoms with Crippen LogP contribution in [0.5, 0.6) is 0 Å². The van der Waals surface area contributed by atoms with Crippen LogP contribution in [0, 0.1) is 23.7 Å². The molecule has 15 atom stereocenters. The summed E-state index contributed by atoms with van der Waals surface area (Å²) < 4.78 is 0. The summed E-state index contributed by atoms with van der Waals surface area (Å²) in [6.07, 6.45) is -1.08. The fourth-order valence-corrected chi connectivity index (χ4v) is 12.3. The summed E-state index contributed by atoms with van der Waals surface area (Å²) >= 11 is 1.33. The predicted molar refractivity (Wildman–Crippen MR) is 369 cm³/mol. The van der Waals surface area contributed by atoms with Gasteiger partial charge in [0, 0.05) is 36.9 Å². The number of imidazole rings is 1. The smallest absolute Gasteiger partial charge is 0.305 e. The molecule has 1 fully saturated rings. The molecule has 0 bridgehead atoms. The van der Waals surface area contributed by atoms with Crippen molar-refractivity contribution in [3.05, 3.63) is 54.1 Å². The molecule has 2 aromatic rings. The summed E-state index contributed by atoms with van der Waals surface area (Å²) in [4.78, 5) is 213. The Morgan fingerprint density at radius 2 is 1.25 bits per heavy atom. The van der Waals surface area contributed by atoms with Gasteiger partial charge in [-0.2, -0.15) is 0 Å². The molecule has 0 aliphatic carbocycles. The zero-order chi connectivity index (χ0) is 74.5. The highest BCUT2D eigenvalue weighted by atomic mass is 32.2. The Morgan fingerprint density at radius 3 is 1.83 bits per heavy atom. The van der Waals surface area contributed by atoms with E-state index in [1.165, 1.54) is 24.3 Å². The zero-order valence-electron chi connectivity index (χ0n) is 58.2. The highest BCUT2D eigenvalue weighted by Crippen LogP contribution is 2.25. The fraction of sp³-hybridized carbons (Fsp3) is 0.636. The third-order valence-electron chi connectivity index (χ3n) is 17.6. The normalized spacial score (nSPS) is 22.0. The number of hydrogen-bond acceptors (Lipinski definition) is 20. The number of aliphatic imine (C=N–C) groups is 1. The highest BCUT2D eigenvalue weighted by Gasteiger charge is 2.46. The molecule has 33 nitrogen and oxygen atoms in total. The Balaban J connectivity index is 1.90. The van der Waals surface area contributed by atoms with Gasteiger partial charge in [-0.25, -0.2) is 4.98 Å². The van der Waals surface area contributed by atoms with Crippen LogP contribution in [0.4, 0.5) is 0 Å². The van der Waals surface area contributed by atoms with Crippen molar-refractivity contribution in [1.29, 1.82) is 0 Å². The average molecular weight is 1420 g/mol. The third-order valence-corrected chi connectivity index (χ3v) is 18.8. The van der Waals surface area contributed by atoms with Crippen LogP contribution in [0.1, 0.15) is 150 Å². The monoisotopic (exact) mass is 1420 g/mol. The number of aromatic amines is 1. The molecular formula is C66H103N17O16S. The van der Waals surface area contributed by atoms with Crippen LogP contribution >= 0.6 is 11.8 Å². The van der Waals surface area contributed by atoms with E-state index in [4.69, 9.17) is 22.9 Å². The summed E-state index contributed by atoms with van der Waals surface area (Å²) in [7, 11) is 0. The van der Waals surface area contributed by atoms with E-state index in [2.05, 4.69) is 62.8 Å². The number of nitrogens with one attached hydrogen (secondary N) is 10. The molecule has 1 saturated heterocycles. The Kier molecular flexibility index (Phi) is 34.8. The molecule has 2 aliphatic rings. The number of carbonyl (C=O) groups is 14. The van der Waals surface area contributed by atoms with Gasteiger partial charge in [-0.3, -0.25) is 77.0 Å². The van der Waals surface area contributed by atoms with Crippen LogP contribution in [0.25, 0.3) is 0 Å². The van der Waals surface area contributed by atoms with Gasteiger partial charge < -0.3 is 86.0 Å². The van der Waals surface area contributed by atoms with Gasteiger partial charge in [0.1, 0.15) is 66.5 Å². The molecule has 0 radical (unpaired) electrons. The van der Waals surface area contributed by atoms with Crippen molar-refractivity contribution in [3.8, 4) is 0 Å². The van der Waals surface area contributed by atoms with E-state index in [1.807, 2.05) is 13.8 Å². The summed E-state index contributed by atoms with van der Waals surface area (Å²) in [6.45, 7) is 13.9. The Morgan fingerprint density at radius 1 is 0.650 bits per heavy atom. The SMILES string of the molecule is CCC(C)C(N)C1=NC(C(=O)NC(CC(C)C)C(=O)NC(CCC(=O)O)C(=O)NC(C(=O)NC(CCCCN)C(=O)N2C(=O)C(CC(N)=O)NC(=O)C(CC(=O)O)NC(=O)C(Cc3cnc[nH]3)NC(=O)C(Cc3ccccc3)NC(=O)C(C(C)CC)NC(=O)C2CCCN)C(C)CC)CS1. The maximum atomic E-state index is 16.0. The molecule has 100 heavy (non-hydrogen) atoms. The standard InChI is InChI=1S/C66H103N17O16S/c1-9-35(6)52(70)64-80-47(32-100-64)60(94)75-42(26-34(4)5)56(90)73-40(22-23-50(85)86)55(89)81-53(36(7)10-2)62(96)74-41(20-15-16-24-67)65(98)83-48(21-17-25-68)61(95)82-54(37(8)11-3)63(97)78-43(27-38-18-13-12-14-19-38)57(91)76-44(28-39-31-71-33-72-39)58(92)77-45(30-51(87)88)59(93)79-46(66(83)99)29-49(69)84/h12-14,18-19,31,33-37,40-48,52-54H,9-11,15-17,20-30,32,67-68,70H2,1-8H3,(H2,69,84)(H,71,72)(H,73,90)(H,74,96)(H,75,94)(H,76,91)(H,77,92)(H,78,97)(H,79,93)(H,81,89)(H,82,95)(H,85,86)(H,87,88). The van der Waals surface area contributed by atoms with Gasteiger partial charge in [0.05, 0.1) is 30.3 Å². The number of rotatable bonds is 36. The Bertz CT molecular complexity index is 3180. The number of aliphatic carboxylic acids is 2. The zero-order valence-corrected chi connectivity index (χ0v) is 59.0. The lowest BCUT2D eigenvalue weighted by atomic mass is 9.95. The van der Waals surface area contributed by atoms with Crippen LogP contribution in [0.3, 0.4) is 0 Å². The van der Waals surface area contributed by atoms with Gasteiger partial charge in [0.25, 0.3) is 11.8 Å². The molecule has 4 rings (SSSR count). The molecule has 3 heterocycles. The second kappa shape index (κ2) is 41.6. The molecule has 34 heteroatoms. The van der Waals surface area contributed by atoms with Crippen LogP contribution in [0.2, 0.25) is 0 Å². The van der Waals surface area contributed by atoms with Crippen molar-refractivity contribution in [1.82, 2.24) is 62.7 Å². The van der Waals surface area contributed by atoms with E-state index < -0.39 is 199 Å². The first-order valence-electron chi connectivity index (χ1n) is 34.1. The number of carbonyl (C=O) groups excluding carboxylic acids is 12. The number of amides is 12. The van der Waals surface area contributed by atoms with E-state index >= 15 is 19.2 Å². The Labute approximate surface area is 586 Å². The van der Waals surface area contributed by atoms with Crippen LogP contribution in [-0.2, 0) is 80.0 Å². The van der Waals surface area contributed by atoms with E-state index in [0.717, 1.165) is 6.42 Å². The maximum Gasteiger partial charge on any atom is 0.305 e. The first-order chi connectivity index (χ1) is 47.4. The molecule has 0 spiro atoms. The first-order valence-corrected chi connectivity index (χ1v) is 35.1. The van der Waals surface area contributed by atoms with Crippen molar-refractivity contribution in [3.63, 3.8) is 0 Å². The molecule has 12 amide bonds. The summed E-state index contributed by atoms with van der Waals surface area (Å²) in [6, 6.07) is -10.5. The predicted octanol–water partition coefficient (Wildman–Crippen LogP) is -1.60. The van der Waals surface area contributed by atoms with Gasteiger partial charge in [0.15, 0.2) is 0 Å². The lowest BCUT2D eigenvalue weighted by molar-refractivity contribution is -0.157. The second-order valence-electron chi connectivity index (χ2n) is 26.0. The number of primary amides is 1. The molecule has 1 aromatic heterocycles. The topological polar surface area (TPSA) is 536 Å². The van der Waals surface area contributed by atoms with E-state index in [-0.39, 0.29) is 94.2 Å². The molecule has 1 aromatic carbocycles. The minimum absolute atomic E-state index is 0.0265. The van der Waals surface area contributed by atoms with E-state index in [0.29, 0.717) is 15.5 Å². The third kappa shape index (κ3) is 26.0. The largest absolute Gasteiger partial charge is 0.481 e. The van der Waals surface area contributed by atoms with Gasteiger partial charge >= 0.3 is 11.9 Å². The maximum absolute atomic E-state index is 16.0. The minimum Gasteiger partial charge on any atom is -0.481 e. The number of carboxylic acids is 2. The number of thioether (sulfide) groups is 1. The Hall–Kier alpha value is -8.89. The number of nitrogens with zero attached hydrogens (tertiary/aromatic N) is 3. The number of aromatic nitrogens is 2. The van der Waals surface area contributed by atoms with Gasteiger partial charge in [-0.15, -0.1) is 11.8 Å². The van der Waals surface area contributed by atoms with Crippen molar-refractivity contribution in [2.24, 2.45) is 51.6 Å². The van der Waals surface area contributed by atoms with Crippen molar-refractivity contribution >= 4 is 99.6 Å². The minimum atomic E-state index is -2.28. The lowest BCUT2D eigenvalue weighted by Gasteiger charge is -2.37. The second-order valence-corrected chi connectivity index (χ2v) is 27.0. The van der Waals surface area contributed by atoms with E-state index in [9.17, 15) is 58.2 Å². The summed E-state index contributed by atoms with van der Waals surface area (Å²) in [5.74, 6) is -18.0. The van der Waals surface area contributed by atoms with Crippen molar-refractivity contribution < 1.29 is 77.3 Å². The number of carboxylic acid groups (broad SMARTS) is 2. The van der Waals surface area contributed by atoms with Crippen LogP contribution in [0.15, 0.2) is 47.8 Å². The number of H-pyrrole nitrogens is 1. The number of imide groups is 1. The molecule has 554 valence electrons. The van der Waals surface area contributed by atoms with E-state index in [1.54, 1.807) is 71.9 Å². The number of nitrogens with two attached hydrogens (primary N) is 4. The highest BCUT2D eigenvalue weighted by molar-refractivity contribution is 8.14. The molecule has 2 aliphatic heterocycles. The van der Waals surface area contributed by atoms with Crippen molar-refractivity contribution in [2.75, 3.05) is 18.8 Å². The number of hydrogen-bond donors (Lipinski definition) is 16. The van der Waals surface area contributed by atoms with Crippen molar-refractivity contribution in [2.45, 2.75) is 224 Å². The molecule has 0 saturated carbocycles. The average Bonchev–Trinajstić information content (AvgIpc) is 1.01. The molecule has 15 unspecified atom stereocenters. The fourth-order valence-electron chi connectivity index (χ4n) is 11.1. The first kappa shape index (κ1) is 83.5. The van der Waals surface area contributed by atoms with Crippen LogP contribution < -0.4 is 70.8 Å². The quantitative estimate of drug-likeness (QED) is 0.0342. The molecule has 20 N–H and O–H groups in total. The van der Waals surface area contributed by atoms with Gasteiger partial charge in [0.2, 0.25) is 59.1 Å². The summed E-state index contributed by atoms with van der Waals surface area (Å²) in [5.41, 5.74) is 24.9. The number of unbranched alkanes of at least 4 members (excludes halogenated alkanes) is 1. The molecular weight excluding hydrogens is 1320 g/mol. The number of benzene rings is 1. The summed E-state index contributed by atoms with van der Waals surface area (Å²) in [5, 5.41) is 43.7. The van der Waals surface area contributed by atoms with Gasteiger partial charge in [-0.1, -0.05) is 105 Å². The lowest BCUT2D eigenvalue weighted by Crippen LogP contribution is -2.66. The van der Waals surface area contributed by atoms with Crippen LogP contribution in [-0.4, -0.2) is 204 Å². The van der Waals surface area contributed by atoms with Gasteiger partial charge in [-0.05, 0) is 87.3 Å².